The van der Waals surface area contributed by atoms with Crippen LogP contribution in [0.15, 0.2) is 41.4 Å². The maximum atomic E-state index is 11.9. The van der Waals surface area contributed by atoms with Gasteiger partial charge in [-0.2, -0.15) is 0 Å². The Morgan fingerprint density at radius 2 is 1.89 bits per heavy atom. The zero-order valence-electron chi connectivity index (χ0n) is 9.23. The van der Waals surface area contributed by atoms with Crippen molar-refractivity contribution in [2.75, 3.05) is 10.8 Å². The molecule has 0 aliphatic carbocycles. The fraction of sp³-hybridized carbons (Fsp3) is 0.182. The van der Waals surface area contributed by atoms with Gasteiger partial charge >= 0.3 is 0 Å². The molecule has 1 aliphatic heterocycles. The minimum absolute atomic E-state index is 0.0263. The summed E-state index contributed by atoms with van der Waals surface area (Å²) in [5.41, 5.74) is 1.09. The number of hydrogen-bond donors (Lipinski definition) is 0. The van der Waals surface area contributed by atoms with Crippen LogP contribution in [0.3, 0.4) is 0 Å². The van der Waals surface area contributed by atoms with Crippen LogP contribution in [0.4, 0.5) is 0 Å². The third kappa shape index (κ3) is 2.04. The lowest BCUT2D eigenvalue weighted by atomic mass is 10.2. The summed E-state index contributed by atoms with van der Waals surface area (Å²) in [5.74, 6) is 0.534. The highest BCUT2D eigenvalue weighted by molar-refractivity contribution is 9.10. The predicted molar refractivity (Wildman–Crippen MR) is 72.6 cm³/mol. The van der Waals surface area contributed by atoms with E-state index >= 15 is 0 Å². The molecule has 1 aromatic heterocycles. The summed E-state index contributed by atoms with van der Waals surface area (Å²) in [6, 6.07) is 7.97. The first-order chi connectivity index (χ1) is 8.75. The molecule has 1 unspecified atom stereocenters. The average Bonchev–Trinajstić information content (AvgIpc) is 2.99. The zero-order valence-corrected chi connectivity index (χ0v) is 11.6. The summed E-state index contributed by atoms with van der Waals surface area (Å²) in [6.07, 6.45) is 3.07. The van der Waals surface area contributed by atoms with E-state index in [1.54, 1.807) is 21.4 Å². The molecular formula is C11H9BrN4OS. The second-order valence-electron chi connectivity index (χ2n) is 3.80. The molecule has 2 aromatic rings. The van der Waals surface area contributed by atoms with Gasteiger partial charge in [-0.3, -0.25) is 4.79 Å². The highest BCUT2D eigenvalue weighted by atomic mass is 79.9. The summed E-state index contributed by atoms with van der Waals surface area (Å²) in [4.78, 5) is 11.9. The first kappa shape index (κ1) is 11.7. The number of rotatable bonds is 2. The van der Waals surface area contributed by atoms with Crippen LogP contribution in [0.2, 0.25) is 0 Å². The lowest BCUT2D eigenvalue weighted by molar-refractivity contribution is -0.117. The minimum Gasteiger partial charge on any atom is -0.272 e. The molecule has 1 fully saturated rings. The van der Waals surface area contributed by atoms with E-state index in [2.05, 4.69) is 26.1 Å². The molecular weight excluding hydrogens is 316 g/mol. The van der Waals surface area contributed by atoms with E-state index in [9.17, 15) is 4.79 Å². The third-order valence-electron chi connectivity index (χ3n) is 2.65. The van der Waals surface area contributed by atoms with Gasteiger partial charge in [0.2, 0.25) is 0 Å². The SMILES string of the molecule is O=C1CSC(c2ccc(Br)cc2)N1n1cnnc1. The normalized spacial score (nSPS) is 19.5. The van der Waals surface area contributed by atoms with E-state index in [1.807, 2.05) is 24.3 Å². The first-order valence-electron chi connectivity index (χ1n) is 5.30. The quantitative estimate of drug-likeness (QED) is 0.847. The van der Waals surface area contributed by atoms with Crippen molar-refractivity contribution in [2.24, 2.45) is 0 Å². The van der Waals surface area contributed by atoms with Gasteiger partial charge in [0, 0.05) is 4.47 Å². The van der Waals surface area contributed by atoms with E-state index < -0.39 is 0 Å². The molecule has 0 spiro atoms. The van der Waals surface area contributed by atoms with E-state index in [4.69, 9.17) is 0 Å². The Balaban J connectivity index is 1.96. The molecule has 7 heteroatoms. The van der Waals surface area contributed by atoms with Crippen LogP contribution in [-0.4, -0.2) is 26.5 Å². The van der Waals surface area contributed by atoms with Crippen molar-refractivity contribution in [3.63, 3.8) is 0 Å². The molecule has 0 radical (unpaired) electrons. The molecule has 0 bridgehead atoms. The molecule has 0 N–H and O–H groups in total. The zero-order chi connectivity index (χ0) is 12.5. The van der Waals surface area contributed by atoms with Crippen LogP contribution in [0.1, 0.15) is 10.9 Å². The van der Waals surface area contributed by atoms with Crippen molar-refractivity contribution in [1.29, 1.82) is 0 Å². The minimum atomic E-state index is -0.0263. The number of hydrogen-bond acceptors (Lipinski definition) is 4. The lowest BCUT2D eigenvalue weighted by Crippen LogP contribution is -2.37. The molecule has 92 valence electrons. The molecule has 1 aromatic carbocycles. The molecule has 1 aliphatic rings. The molecule has 18 heavy (non-hydrogen) atoms. The highest BCUT2D eigenvalue weighted by Crippen LogP contribution is 2.37. The molecule has 2 heterocycles. The van der Waals surface area contributed by atoms with Crippen molar-refractivity contribution in [3.8, 4) is 0 Å². The van der Waals surface area contributed by atoms with Gasteiger partial charge in [-0.25, -0.2) is 9.69 Å². The number of carbonyl (C=O) groups is 1. The topological polar surface area (TPSA) is 51.0 Å². The van der Waals surface area contributed by atoms with Crippen molar-refractivity contribution >= 4 is 33.6 Å². The monoisotopic (exact) mass is 324 g/mol. The van der Waals surface area contributed by atoms with Gasteiger partial charge in [0.25, 0.3) is 5.91 Å². The number of benzene rings is 1. The van der Waals surface area contributed by atoms with Crippen LogP contribution in [-0.2, 0) is 4.79 Å². The Morgan fingerprint density at radius 1 is 1.22 bits per heavy atom. The van der Waals surface area contributed by atoms with Gasteiger partial charge in [-0.05, 0) is 17.7 Å². The van der Waals surface area contributed by atoms with Crippen molar-refractivity contribution in [3.05, 3.63) is 47.0 Å². The Bertz CT molecular complexity index is 557. The van der Waals surface area contributed by atoms with Crippen LogP contribution in [0.5, 0.6) is 0 Å². The van der Waals surface area contributed by atoms with E-state index in [-0.39, 0.29) is 11.3 Å². The molecule has 1 atom stereocenters. The van der Waals surface area contributed by atoms with Gasteiger partial charge in [-0.1, -0.05) is 28.1 Å². The van der Waals surface area contributed by atoms with Gasteiger partial charge < -0.3 is 0 Å². The largest absolute Gasteiger partial charge is 0.272 e. The number of halogens is 1. The van der Waals surface area contributed by atoms with Gasteiger partial charge in [0.05, 0.1) is 5.75 Å². The van der Waals surface area contributed by atoms with Crippen LogP contribution in [0.25, 0.3) is 0 Å². The van der Waals surface area contributed by atoms with Crippen LogP contribution in [0, 0.1) is 0 Å². The van der Waals surface area contributed by atoms with Crippen LogP contribution >= 0.6 is 27.7 Å². The van der Waals surface area contributed by atoms with Gasteiger partial charge in [0.1, 0.15) is 18.0 Å². The van der Waals surface area contributed by atoms with Gasteiger partial charge in [-0.15, -0.1) is 22.0 Å². The first-order valence-corrected chi connectivity index (χ1v) is 7.14. The molecule has 0 saturated carbocycles. The summed E-state index contributed by atoms with van der Waals surface area (Å²) < 4.78 is 2.66. The Kier molecular flexibility index (Phi) is 3.09. The number of aromatic nitrogens is 3. The average molecular weight is 325 g/mol. The summed E-state index contributed by atoms with van der Waals surface area (Å²) in [6.45, 7) is 0. The fourth-order valence-corrected chi connectivity index (χ4v) is 3.25. The summed E-state index contributed by atoms with van der Waals surface area (Å²) in [7, 11) is 0. The van der Waals surface area contributed by atoms with Crippen molar-refractivity contribution in [1.82, 2.24) is 14.9 Å². The third-order valence-corrected chi connectivity index (χ3v) is 4.38. The molecule has 3 rings (SSSR count). The Hall–Kier alpha value is -1.34. The smallest absolute Gasteiger partial charge is 0.252 e. The number of amides is 1. The fourth-order valence-electron chi connectivity index (χ4n) is 1.84. The van der Waals surface area contributed by atoms with E-state index in [1.165, 1.54) is 12.7 Å². The second kappa shape index (κ2) is 4.74. The standard InChI is InChI=1S/C11H9BrN4OS/c12-9-3-1-8(2-4-9)11-16(10(17)5-18-11)15-6-13-14-7-15/h1-4,6-7,11H,5H2. The van der Waals surface area contributed by atoms with E-state index in [0.29, 0.717) is 5.75 Å². The van der Waals surface area contributed by atoms with Gasteiger partial charge in [0.15, 0.2) is 0 Å². The second-order valence-corrected chi connectivity index (χ2v) is 5.78. The Labute approximate surface area is 116 Å². The highest BCUT2D eigenvalue weighted by Gasteiger charge is 2.34. The number of carbonyl (C=O) groups excluding carboxylic acids is 1. The summed E-state index contributed by atoms with van der Waals surface area (Å²) in [5, 5.41) is 9.14. The number of nitrogens with zero attached hydrogens (tertiary/aromatic N) is 4. The predicted octanol–water partition coefficient (Wildman–Crippen LogP) is 1.95. The molecule has 5 nitrogen and oxygen atoms in total. The van der Waals surface area contributed by atoms with E-state index in [0.717, 1.165) is 10.0 Å². The molecule has 1 saturated heterocycles. The summed E-state index contributed by atoms with van der Waals surface area (Å²) >= 11 is 5.01. The maximum Gasteiger partial charge on any atom is 0.252 e. The van der Waals surface area contributed by atoms with Crippen LogP contribution < -0.4 is 5.01 Å². The number of thioether (sulfide) groups is 1. The van der Waals surface area contributed by atoms with Crippen molar-refractivity contribution in [2.45, 2.75) is 5.37 Å². The molecule has 1 amide bonds. The van der Waals surface area contributed by atoms with Crippen molar-refractivity contribution < 1.29 is 4.79 Å². The lowest BCUT2D eigenvalue weighted by Gasteiger charge is -2.23. The maximum absolute atomic E-state index is 11.9. The Morgan fingerprint density at radius 3 is 2.56 bits per heavy atom.